The predicted octanol–water partition coefficient (Wildman–Crippen LogP) is 5.82. The first-order valence-electron chi connectivity index (χ1n) is 11.0. The molecule has 0 unspecified atom stereocenters. The van der Waals surface area contributed by atoms with Crippen molar-refractivity contribution in [1.29, 1.82) is 0 Å². The van der Waals surface area contributed by atoms with Crippen LogP contribution in [0.5, 0.6) is 0 Å². The van der Waals surface area contributed by atoms with Crippen molar-refractivity contribution in [3.8, 4) is 33.2 Å². The van der Waals surface area contributed by atoms with Gasteiger partial charge in [0.25, 0.3) is 0 Å². The molecule has 0 spiro atoms. The summed E-state index contributed by atoms with van der Waals surface area (Å²) in [5.41, 5.74) is 7.58. The first-order chi connectivity index (χ1) is 16.5. The molecule has 9 heteroatoms. The fourth-order valence-electron chi connectivity index (χ4n) is 4.02. The lowest BCUT2D eigenvalue weighted by atomic mass is 10.1. The Morgan fingerprint density at radius 2 is 1.94 bits per heavy atom. The molecule has 0 fully saturated rings. The third-order valence-electron chi connectivity index (χ3n) is 5.52. The molecule has 168 valence electrons. The highest BCUT2D eigenvalue weighted by molar-refractivity contribution is 7.15. The quantitative estimate of drug-likeness (QED) is 0.296. The van der Waals surface area contributed by atoms with Crippen LogP contribution in [0.4, 0.5) is 5.69 Å². The van der Waals surface area contributed by atoms with Gasteiger partial charge in [-0.1, -0.05) is 0 Å². The molecule has 0 saturated heterocycles. The summed E-state index contributed by atoms with van der Waals surface area (Å²) in [5, 5.41) is 11.0. The molecule has 6 aromatic heterocycles. The van der Waals surface area contributed by atoms with Gasteiger partial charge in [0.2, 0.25) is 0 Å². The van der Waals surface area contributed by atoms with Crippen molar-refractivity contribution in [2.45, 2.75) is 26.8 Å². The molecular formula is C25H22N8S. The normalized spacial score (nSPS) is 11.6. The Hall–Kier alpha value is -4.11. The van der Waals surface area contributed by atoms with Crippen LogP contribution < -0.4 is 5.32 Å². The number of aromatic amines is 2. The van der Waals surface area contributed by atoms with Gasteiger partial charge in [0.15, 0.2) is 17.2 Å². The minimum Gasteiger partial charge on any atom is -0.382 e. The Bertz CT molecular complexity index is 1640. The summed E-state index contributed by atoms with van der Waals surface area (Å²) in [4.78, 5) is 24.4. The SMILES string of the molecule is Cc1ccc(-c2ccnc3nc(-c4n[nH]c5ccc(-c6cncc(NC(C)C)c6)nc45)[nH]c23)s1. The molecule has 0 aliphatic carbocycles. The number of imidazole rings is 1. The minimum absolute atomic E-state index is 0.317. The number of pyridine rings is 3. The van der Waals surface area contributed by atoms with Gasteiger partial charge in [-0.3, -0.25) is 10.1 Å². The Morgan fingerprint density at radius 1 is 1.03 bits per heavy atom. The number of hydrogen-bond acceptors (Lipinski definition) is 7. The number of fused-ring (bicyclic) bond motifs is 2. The predicted molar refractivity (Wildman–Crippen MR) is 137 cm³/mol. The zero-order valence-corrected chi connectivity index (χ0v) is 19.7. The first kappa shape index (κ1) is 20.5. The first-order valence-corrected chi connectivity index (χ1v) is 11.9. The van der Waals surface area contributed by atoms with E-state index in [0.29, 0.717) is 23.2 Å². The number of hydrogen-bond donors (Lipinski definition) is 3. The summed E-state index contributed by atoms with van der Waals surface area (Å²) in [6, 6.07) is 12.6. The second-order valence-electron chi connectivity index (χ2n) is 8.48. The maximum Gasteiger partial charge on any atom is 0.178 e. The number of H-pyrrole nitrogens is 2. The summed E-state index contributed by atoms with van der Waals surface area (Å²) >= 11 is 1.75. The topological polar surface area (TPSA) is 108 Å². The lowest BCUT2D eigenvalue weighted by Gasteiger charge is -2.10. The van der Waals surface area contributed by atoms with Crippen LogP contribution in [0.25, 0.3) is 55.4 Å². The molecule has 0 saturated carbocycles. The highest BCUT2D eigenvalue weighted by atomic mass is 32.1. The van der Waals surface area contributed by atoms with Crippen molar-refractivity contribution in [3.05, 3.63) is 59.9 Å². The molecule has 6 heterocycles. The van der Waals surface area contributed by atoms with E-state index in [2.05, 4.69) is 69.4 Å². The number of thiophene rings is 1. The van der Waals surface area contributed by atoms with Crippen molar-refractivity contribution < 1.29 is 0 Å². The van der Waals surface area contributed by atoms with Gasteiger partial charge in [0.05, 0.1) is 22.4 Å². The van der Waals surface area contributed by atoms with E-state index >= 15 is 0 Å². The molecule has 0 aromatic carbocycles. The van der Waals surface area contributed by atoms with E-state index in [1.54, 1.807) is 17.5 Å². The highest BCUT2D eigenvalue weighted by Gasteiger charge is 2.18. The van der Waals surface area contributed by atoms with Crippen molar-refractivity contribution in [3.63, 3.8) is 0 Å². The third kappa shape index (κ3) is 3.60. The summed E-state index contributed by atoms with van der Waals surface area (Å²) < 4.78 is 0. The van der Waals surface area contributed by atoms with Crippen LogP contribution in [0.3, 0.4) is 0 Å². The largest absolute Gasteiger partial charge is 0.382 e. The van der Waals surface area contributed by atoms with Gasteiger partial charge in [-0.15, -0.1) is 11.3 Å². The monoisotopic (exact) mass is 466 g/mol. The number of rotatable bonds is 5. The third-order valence-corrected chi connectivity index (χ3v) is 6.55. The summed E-state index contributed by atoms with van der Waals surface area (Å²) in [6.45, 7) is 6.30. The van der Waals surface area contributed by atoms with Crippen molar-refractivity contribution in [1.82, 2.24) is 35.1 Å². The van der Waals surface area contributed by atoms with Crippen LogP contribution in [0.1, 0.15) is 18.7 Å². The minimum atomic E-state index is 0.317. The Morgan fingerprint density at radius 3 is 2.76 bits per heavy atom. The number of anilines is 1. The molecule has 0 aliphatic heterocycles. The molecule has 0 amide bonds. The summed E-state index contributed by atoms with van der Waals surface area (Å²) in [5.74, 6) is 0.632. The van der Waals surface area contributed by atoms with Gasteiger partial charge in [-0.25, -0.2) is 15.0 Å². The van der Waals surface area contributed by atoms with E-state index in [1.807, 2.05) is 30.6 Å². The number of nitrogens with zero attached hydrogens (tertiary/aromatic N) is 5. The van der Waals surface area contributed by atoms with Crippen LogP contribution in [-0.2, 0) is 0 Å². The lowest BCUT2D eigenvalue weighted by Crippen LogP contribution is -2.09. The van der Waals surface area contributed by atoms with Crippen molar-refractivity contribution in [2.75, 3.05) is 5.32 Å². The molecule has 8 nitrogen and oxygen atoms in total. The number of nitrogens with one attached hydrogen (secondary N) is 3. The average molecular weight is 467 g/mol. The maximum atomic E-state index is 4.92. The van der Waals surface area contributed by atoms with Gasteiger partial charge in [-0.05, 0) is 57.2 Å². The van der Waals surface area contributed by atoms with Gasteiger partial charge in [-0.2, -0.15) is 5.10 Å². The van der Waals surface area contributed by atoms with Crippen LogP contribution in [0, 0.1) is 6.92 Å². The molecule has 3 N–H and O–H groups in total. The Balaban J connectivity index is 1.45. The molecule has 0 atom stereocenters. The van der Waals surface area contributed by atoms with Crippen LogP contribution in [-0.4, -0.2) is 41.2 Å². The molecule has 0 bridgehead atoms. The standard InChI is InChI=1S/C25H22N8S/c1-13(2)28-16-10-15(11-26-12-16)18-5-6-19-22(29-18)23(33-32-19)25-30-21-17(8-9-27-24(21)31-25)20-7-4-14(3)34-20/h4-13,28H,1-3H3,(H,32,33)(H,27,30,31). The molecule has 0 radical (unpaired) electrons. The Labute approximate surface area is 199 Å². The number of aromatic nitrogens is 7. The van der Waals surface area contributed by atoms with Gasteiger partial charge >= 0.3 is 0 Å². The fourth-order valence-corrected chi connectivity index (χ4v) is 4.92. The van der Waals surface area contributed by atoms with Crippen LogP contribution >= 0.6 is 11.3 Å². The zero-order chi connectivity index (χ0) is 23.2. The Kier molecular flexibility index (Phi) is 4.84. The van der Waals surface area contributed by atoms with Crippen molar-refractivity contribution >= 4 is 39.2 Å². The molecule has 0 aliphatic rings. The van der Waals surface area contributed by atoms with E-state index in [1.165, 1.54) is 9.75 Å². The molecule has 6 rings (SSSR count). The van der Waals surface area contributed by atoms with Gasteiger partial charge in [0, 0.05) is 45.5 Å². The van der Waals surface area contributed by atoms with E-state index < -0.39 is 0 Å². The highest BCUT2D eigenvalue weighted by Crippen LogP contribution is 2.34. The number of aryl methyl sites for hydroxylation is 1. The molecule has 6 aromatic rings. The van der Waals surface area contributed by atoms with E-state index in [0.717, 1.165) is 39.1 Å². The molecule has 34 heavy (non-hydrogen) atoms. The second-order valence-corrected chi connectivity index (χ2v) is 9.77. The zero-order valence-electron chi connectivity index (χ0n) is 18.9. The van der Waals surface area contributed by atoms with E-state index in [-0.39, 0.29) is 0 Å². The maximum absolute atomic E-state index is 4.92. The van der Waals surface area contributed by atoms with Gasteiger partial charge < -0.3 is 10.3 Å². The lowest BCUT2D eigenvalue weighted by molar-refractivity contribution is 0.898. The van der Waals surface area contributed by atoms with Gasteiger partial charge in [0.1, 0.15) is 5.52 Å². The van der Waals surface area contributed by atoms with E-state index in [4.69, 9.17) is 9.97 Å². The van der Waals surface area contributed by atoms with E-state index in [9.17, 15) is 0 Å². The smallest absolute Gasteiger partial charge is 0.178 e. The fraction of sp³-hybridized carbons (Fsp3) is 0.160. The second kappa shape index (κ2) is 8.03. The van der Waals surface area contributed by atoms with Crippen LogP contribution in [0.2, 0.25) is 0 Å². The van der Waals surface area contributed by atoms with Crippen LogP contribution in [0.15, 0.2) is 55.0 Å². The van der Waals surface area contributed by atoms with Crippen molar-refractivity contribution in [2.24, 2.45) is 0 Å². The summed E-state index contributed by atoms with van der Waals surface area (Å²) in [6.07, 6.45) is 5.43. The molecular weight excluding hydrogens is 444 g/mol. The summed E-state index contributed by atoms with van der Waals surface area (Å²) in [7, 11) is 0. The average Bonchev–Trinajstić information content (AvgIpc) is 3.55.